The summed E-state index contributed by atoms with van der Waals surface area (Å²) in [6.07, 6.45) is 1.33. The molecule has 10 heteroatoms. The van der Waals surface area contributed by atoms with Crippen LogP contribution in [0.1, 0.15) is 18.1 Å². The molecule has 38 heavy (non-hydrogen) atoms. The number of nitrogens with one attached hydrogen (secondary N) is 2. The maximum absolute atomic E-state index is 13.1. The number of barbiturate groups is 1. The highest BCUT2D eigenvalue weighted by Gasteiger charge is 2.36. The molecule has 2 N–H and O–H groups in total. The van der Waals surface area contributed by atoms with Crippen LogP contribution in [-0.2, 0) is 14.4 Å². The van der Waals surface area contributed by atoms with Crippen LogP contribution in [0.25, 0.3) is 6.08 Å². The molecule has 0 aliphatic carbocycles. The molecule has 0 aromatic heterocycles. The summed E-state index contributed by atoms with van der Waals surface area (Å²) in [5.74, 6) is -1.14. The number of anilines is 2. The quantitative estimate of drug-likeness (QED) is 0.319. The topological polar surface area (TPSA) is 114 Å². The van der Waals surface area contributed by atoms with Crippen LogP contribution in [0.5, 0.6) is 11.5 Å². The first kappa shape index (κ1) is 26.4. The first-order chi connectivity index (χ1) is 18.3. The first-order valence-electron chi connectivity index (χ1n) is 11.7. The van der Waals surface area contributed by atoms with Crippen LogP contribution in [0.3, 0.4) is 0 Å². The van der Waals surface area contributed by atoms with E-state index < -0.39 is 17.8 Å². The Morgan fingerprint density at radius 2 is 1.76 bits per heavy atom. The summed E-state index contributed by atoms with van der Waals surface area (Å²) < 4.78 is 10.9. The van der Waals surface area contributed by atoms with Crippen LogP contribution in [0.15, 0.2) is 72.3 Å². The van der Waals surface area contributed by atoms with Crippen molar-refractivity contribution >= 4 is 52.8 Å². The van der Waals surface area contributed by atoms with E-state index in [9.17, 15) is 19.2 Å². The van der Waals surface area contributed by atoms with Crippen molar-refractivity contribution in [3.63, 3.8) is 0 Å². The lowest BCUT2D eigenvalue weighted by molar-refractivity contribution is -0.122. The van der Waals surface area contributed by atoms with Gasteiger partial charge in [-0.25, -0.2) is 9.69 Å². The maximum atomic E-state index is 13.1. The molecule has 0 unspecified atom stereocenters. The number of aryl methyl sites for hydroxylation is 1. The van der Waals surface area contributed by atoms with Crippen molar-refractivity contribution < 1.29 is 28.7 Å². The number of halogens is 1. The summed E-state index contributed by atoms with van der Waals surface area (Å²) in [7, 11) is 0. The van der Waals surface area contributed by atoms with Gasteiger partial charge >= 0.3 is 6.03 Å². The number of rotatable bonds is 8. The van der Waals surface area contributed by atoms with Gasteiger partial charge in [0.15, 0.2) is 6.61 Å². The molecule has 5 amide bonds. The number of carbonyl (C=O) groups excluding carboxylic acids is 4. The van der Waals surface area contributed by atoms with Crippen molar-refractivity contribution in [1.29, 1.82) is 0 Å². The summed E-state index contributed by atoms with van der Waals surface area (Å²) in [6, 6.07) is 17.4. The number of urea groups is 1. The zero-order chi connectivity index (χ0) is 27.2. The Morgan fingerprint density at radius 3 is 2.45 bits per heavy atom. The van der Waals surface area contributed by atoms with E-state index in [0.717, 1.165) is 10.5 Å². The first-order valence-corrected chi connectivity index (χ1v) is 12.1. The van der Waals surface area contributed by atoms with Crippen molar-refractivity contribution in [1.82, 2.24) is 5.32 Å². The number of para-hydroxylation sites is 1. The zero-order valence-electron chi connectivity index (χ0n) is 20.6. The van der Waals surface area contributed by atoms with Crippen LogP contribution < -0.4 is 25.0 Å². The van der Waals surface area contributed by atoms with E-state index >= 15 is 0 Å². The average molecular weight is 534 g/mol. The molecule has 0 atom stereocenters. The predicted molar refractivity (Wildman–Crippen MR) is 143 cm³/mol. The lowest BCUT2D eigenvalue weighted by atomic mass is 10.1. The third-order valence-electron chi connectivity index (χ3n) is 5.55. The fourth-order valence-corrected chi connectivity index (χ4v) is 3.93. The second-order valence-corrected chi connectivity index (χ2v) is 8.63. The molecule has 4 rings (SSSR count). The number of imide groups is 2. The number of ether oxygens (including phenoxy) is 2. The van der Waals surface area contributed by atoms with E-state index in [-0.39, 0.29) is 34.5 Å². The van der Waals surface area contributed by atoms with Gasteiger partial charge in [0, 0.05) is 5.69 Å². The molecule has 1 aliphatic rings. The maximum Gasteiger partial charge on any atom is 0.335 e. The number of benzene rings is 3. The van der Waals surface area contributed by atoms with Crippen molar-refractivity contribution in [3.8, 4) is 11.5 Å². The summed E-state index contributed by atoms with van der Waals surface area (Å²) in [5, 5.41) is 5.12. The van der Waals surface area contributed by atoms with Crippen LogP contribution in [0, 0.1) is 6.92 Å². The van der Waals surface area contributed by atoms with Crippen molar-refractivity contribution in [2.75, 3.05) is 23.4 Å². The normalized spacial score (nSPS) is 14.3. The standard InChI is InChI=1S/C28H24ClN3O6/c1-3-37-20-11-9-19(10-12-20)32-27(35)21(26(34)31-28(32)36)14-18-8-13-24(22(29)15-18)38-16-25(33)30-23-7-5-4-6-17(23)2/h4-15H,3,16H2,1-2H3,(H,30,33)(H,31,34,36)/b21-14+. The van der Waals surface area contributed by atoms with Gasteiger partial charge in [0.25, 0.3) is 17.7 Å². The molecule has 1 heterocycles. The predicted octanol–water partition coefficient (Wildman–Crippen LogP) is 4.73. The van der Waals surface area contributed by atoms with Gasteiger partial charge in [0.05, 0.1) is 17.3 Å². The molecule has 0 radical (unpaired) electrons. The van der Waals surface area contributed by atoms with Gasteiger partial charge in [0.1, 0.15) is 17.1 Å². The second kappa shape index (κ2) is 11.6. The Balaban J connectivity index is 1.47. The van der Waals surface area contributed by atoms with Gasteiger partial charge in [-0.05, 0) is 73.5 Å². The Bertz CT molecular complexity index is 1430. The summed E-state index contributed by atoms with van der Waals surface area (Å²) >= 11 is 6.33. The number of hydrogen-bond acceptors (Lipinski definition) is 6. The van der Waals surface area contributed by atoms with E-state index in [1.54, 1.807) is 36.4 Å². The van der Waals surface area contributed by atoms with E-state index in [2.05, 4.69) is 10.6 Å². The molecule has 9 nitrogen and oxygen atoms in total. The third kappa shape index (κ3) is 6.01. The molecule has 0 spiro atoms. The van der Waals surface area contributed by atoms with Crippen molar-refractivity contribution in [2.45, 2.75) is 13.8 Å². The molecule has 0 bridgehead atoms. The average Bonchev–Trinajstić information content (AvgIpc) is 2.88. The molecule has 1 saturated heterocycles. The molecule has 3 aromatic rings. The summed E-state index contributed by atoms with van der Waals surface area (Å²) in [4.78, 5) is 51.1. The highest BCUT2D eigenvalue weighted by atomic mass is 35.5. The third-order valence-corrected chi connectivity index (χ3v) is 5.85. The molecule has 3 aromatic carbocycles. The smallest absolute Gasteiger partial charge is 0.335 e. The van der Waals surface area contributed by atoms with E-state index in [0.29, 0.717) is 23.6 Å². The zero-order valence-corrected chi connectivity index (χ0v) is 21.4. The van der Waals surface area contributed by atoms with Gasteiger partial charge < -0.3 is 14.8 Å². The lowest BCUT2D eigenvalue weighted by Gasteiger charge is -2.26. The molecule has 0 saturated carbocycles. The van der Waals surface area contributed by atoms with Crippen molar-refractivity contribution in [3.05, 3.63) is 88.5 Å². The second-order valence-electron chi connectivity index (χ2n) is 8.23. The highest BCUT2D eigenvalue weighted by Crippen LogP contribution is 2.28. The minimum absolute atomic E-state index is 0.172. The SMILES string of the molecule is CCOc1ccc(N2C(=O)NC(=O)/C(=C\c3ccc(OCC(=O)Nc4ccccc4C)c(Cl)c3)C2=O)cc1. The van der Waals surface area contributed by atoms with Crippen LogP contribution >= 0.6 is 11.6 Å². The highest BCUT2D eigenvalue weighted by molar-refractivity contribution is 6.39. The number of hydrogen-bond donors (Lipinski definition) is 2. The van der Waals surface area contributed by atoms with Crippen LogP contribution in [0.4, 0.5) is 16.2 Å². The fourth-order valence-electron chi connectivity index (χ4n) is 3.68. The number of amides is 5. The Hall–Kier alpha value is -4.63. The summed E-state index contributed by atoms with van der Waals surface area (Å²) in [5.41, 5.74) is 2.05. The monoisotopic (exact) mass is 533 g/mol. The largest absolute Gasteiger partial charge is 0.494 e. The van der Waals surface area contributed by atoms with Gasteiger partial charge in [-0.3, -0.25) is 19.7 Å². The van der Waals surface area contributed by atoms with E-state index in [1.807, 2.05) is 32.0 Å². The van der Waals surface area contributed by atoms with Crippen molar-refractivity contribution in [2.24, 2.45) is 0 Å². The van der Waals surface area contributed by atoms with Gasteiger partial charge in [-0.1, -0.05) is 35.9 Å². The van der Waals surface area contributed by atoms with Gasteiger partial charge in [0.2, 0.25) is 0 Å². The molecule has 194 valence electrons. The minimum atomic E-state index is -0.855. The molecular formula is C28H24ClN3O6. The van der Waals surface area contributed by atoms with E-state index in [1.165, 1.54) is 18.2 Å². The minimum Gasteiger partial charge on any atom is -0.494 e. The molecular weight excluding hydrogens is 510 g/mol. The Kier molecular flexibility index (Phi) is 8.08. The number of carbonyl (C=O) groups is 4. The fraction of sp³-hybridized carbons (Fsp3) is 0.143. The molecule has 1 aliphatic heterocycles. The Labute approximate surface area is 224 Å². The Morgan fingerprint density at radius 1 is 1.03 bits per heavy atom. The van der Waals surface area contributed by atoms with Gasteiger partial charge in [-0.15, -0.1) is 0 Å². The summed E-state index contributed by atoms with van der Waals surface area (Å²) in [6.45, 7) is 3.92. The van der Waals surface area contributed by atoms with Crippen LogP contribution in [0.2, 0.25) is 5.02 Å². The lowest BCUT2D eigenvalue weighted by Crippen LogP contribution is -2.54. The van der Waals surface area contributed by atoms with Crippen LogP contribution in [-0.4, -0.2) is 37.0 Å². The molecule has 1 fully saturated rings. The van der Waals surface area contributed by atoms with Gasteiger partial charge in [-0.2, -0.15) is 0 Å². The number of nitrogens with zero attached hydrogens (tertiary/aromatic N) is 1. The van der Waals surface area contributed by atoms with E-state index in [4.69, 9.17) is 21.1 Å².